The average Bonchev–Trinajstić information content (AvgIpc) is 2.74. The van der Waals surface area contributed by atoms with Crippen LogP contribution in [-0.4, -0.2) is 24.6 Å². The van der Waals surface area contributed by atoms with E-state index in [0.717, 1.165) is 37.2 Å². The lowest BCUT2D eigenvalue weighted by Gasteiger charge is -2.34. The zero-order chi connectivity index (χ0) is 15.7. The summed E-state index contributed by atoms with van der Waals surface area (Å²) in [5.41, 5.74) is 6.18. The molecule has 120 valence electrons. The first-order chi connectivity index (χ1) is 9.75. The molecule has 0 spiro atoms. The number of aromatic nitrogens is 1. The fraction of sp³-hybridized carbons (Fsp3) is 0.786. The third kappa shape index (κ3) is 3.88. The normalized spacial score (nSPS) is 19.6. The van der Waals surface area contributed by atoms with Crippen molar-refractivity contribution in [3.8, 4) is 0 Å². The highest BCUT2D eigenvalue weighted by atomic mass is 32.2. The molecule has 1 fully saturated rings. The summed E-state index contributed by atoms with van der Waals surface area (Å²) in [6, 6.07) is 0.313. The van der Waals surface area contributed by atoms with E-state index in [9.17, 15) is 8.42 Å². The summed E-state index contributed by atoms with van der Waals surface area (Å²) >= 11 is 1.16. The highest BCUT2D eigenvalue weighted by Gasteiger charge is 2.30. The standard InChI is InChI=1S/C14H25N3O2S2/c1-4-9-21(18,19)11-12(15)17-20-13(11)16-10-5-7-14(2,3)8-6-10/h10,16H,4-9H2,1-3H3,(H2,15,17). The summed E-state index contributed by atoms with van der Waals surface area (Å²) in [7, 11) is -3.34. The third-order valence-corrected chi connectivity index (χ3v) is 7.04. The van der Waals surface area contributed by atoms with Gasteiger partial charge in [0.15, 0.2) is 15.7 Å². The maximum Gasteiger partial charge on any atom is 0.185 e. The van der Waals surface area contributed by atoms with Crippen molar-refractivity contribution in [2.24, 2.45) is 5.41 Å². The van der Waals surface area contributed by atoms with Crippen LogP contribution in [0.15, 0.2) is 4.90 Å². The SMILES string of the molecule is CCCS(=O)(=O)c1c(N)nsc1NC1CCC(C)(C)CC1. The second-order valence-corrected chi connectivity index (χ2v) is 9.45. The third-order valence-electron chi connectivity index (χ3n) is 4.13. The summed E-state index contributed by atoms with van der Waals surface area (Å²) in [4.78, 5) is 0.208. The van der Waals surface area contributed by atoms with Gasteiger partial charge < -0.3 is 11.1 Å². The molecule has 0 aromatic carbocycles. The van der Waals surface area contributed by atoms with Crippen molar-refractivity contribution in [3.63, 3.8) is 0 Å². The Labute approximate surface area is 131 Å². The van der Waals surface area contributed by atoms with Crippen molar-refractivity contribution >= 4 is 32.2 Å². The lowest BCUT2D eigenvalue weighted by atomic mass is 9.76. The second kappa shape index (κ2) is 6.12. The van der Waals surface area contributed by atoms with E-state index in [4.69, 9.17) is 5.73 Å². The van der Waals surface area contributed by atoms with Gasteiger partial charge in [-0.2, -0.15) is 4.37 Å². The highest BCUT2D eigenvalue weighted by Crippen LogP contribution is 2.39. The van der Waals surface area contributed by atoms with E-state index in [1.807, 2.05) is 6.92 Å². The van der Waals surface area contributed by atoms with Gasteiger partial charge in [0.25, 0.3) is 0 Å². The predicted octanol–water partition coefficient (Wildman–Crippen LogP) is 3.29. The molecule has 3 N–H and O–H groups in total. The number of nitrogens with two attached hydrogens (primary N) is 1. The molecule has 0 aliphatic heterocycles. The van der Waals surface area contributed by atoms with Crippen LogP contribution < -0.4 is 11.1 Å². The minimum absolute atomic E-state index is 0.113. The lowest BCUT2D eigenvalue weighted by molar-refractivity contribution is 0.232. The minimum atomic E-state index is -3.34. The molecule has 0 saturated heterocycles. The van der Waals surface area contributed by atoms with Crippen molar-refractivity contribution in [2.75, 3.05) is 16.8 Å². The van der Waals surface area contributed by atoms with Crippen LogP contribution in [0.1, 0.15) is 52.9 Å². The minimum Gasteiger partial charge on any atom is -0.382 e. The topological polar surface area (TPSA) is 85.1 Å². The molecule has 2 rings (SSSR count). The molecular formula is C14H25N3O2S2. The zero-order valence-electron chi connectivity index (χ0n) is 13.0. The van der Waals surface area contributed by atoms with E-state index in [0.29, 0.717) is 22.9 Å². The molecule has 1 saturated carbocycles. The van der Waals surface area contributed by atoms with E-state index in [1.165, 1.54) is 0 Å². The van der Waals surface area contributed by atoms with Gasteiger partial charge in [0.2, 0.25) is 0 Å². The summed E-state index contributed by atoms with van der Waals surface area (Å²) in [6.07, 6.45) is 4.98. The summed E-state index contributed by atoms with van der Waals surface area (Å²) in [5, 5.41) is 3.99. The first-order valence-corrected chi connectivity index (χ1v) is 9.92. The smallest absolute Gasteiger partial charge is 0.185 e. The van der Waals surface area contributed by atoms with Gasteiger partial charge in [0.1, 0.15) is 9.90 Å². The Balaban J connectivity index is 2.15. The Kier molecular flexibility index (Phi) is 4.82. The van der Waals surface area contributed by atoms with E-state index < -0.39 is 9.84 Å². The number of hydrogen-bond acceptors (Lipinski definition) is 6. The molecule has 0 atom stereocenters. The van der Waals surface area contributed by atoms with Crippen molar-refractivity contribution < 1.29 is 8.42 Å². The molecular weight excluding hydrogens is 306 g/mol. The van der Waals surface area contributed by atoms with Crippen LogP contribution >= 0.6 is 11.5 Å². The average molecular weight is 332 g/mol. The van der Waals surface area contributed by atoms with E-state index in [1.54, 1.807) is 0 Å². The highest BCUT2D eigenvalue weighted by molar-refractivity contribution is 7.91. The lowest BCUT2D eigenvalue weighted by Crippen LogP contribution is -2.30. The second-order valence-electron chi connectivity index (χ2n) is 6.63. The first-order valence-electron chi connectivity index (χ1n) is 7.49. The van der Waals surface area contributed by atoms with Crippen LogP contribution in [0.25, 0.3) is 0 Å². The zero-order valence-corrected chi connectivity index (χ0v) is 14.6. The Bertz CT molecular complexity index is 583. The van der Waals surface area contributed by atoms with Crippen LogP contribution in [0.3, 0.4) is 0 Å². The van der Waals surface area contributed by atoms with E-state index in [-0.39, 0.29) is 16.5 Å². The summed E-state index contributed by atoms with van der Waals surface area (Å²) in [6.45, 7) is 6.42. The largest absolute Gasteiger partial charge is 0.382 e. The number of nitrogen functional groups attached to an aromatic ring is 1. The maximum atomic E-state index is 12.3. The molecule has 0 radical (unpaired) electrons. The molecule has 0 amide bonds. The van der Waals surface area contributed by atoms with Crippen molar-refractivity contribution in [2.45, 2.75) is 63.8 Å². The van der Waals surface area contributed by atoms with Crippen molar-refractivity contribution in [1.29, 1.82) is 0 Å². The van der Waals surface area contributed by atoms with Gasteiger partial charge in [0, 0.05) is 6.04 Å². The Hall–Kier alpha value is -0.820. The quantitative estimate of drug-likeness (QED) is 0.865. The summed E-state index contributed by atoms with van der Waals surface area (Å²) < 4.78 is 28.7. The van der Waals surface area contributed by atoms with Crippen LogP contribution in [0.5, 0.6) is 0 Å². The molecule has 0 bridgehead atoms. The monoisotopic (exact) mass is 331 g/mol. The first kappa shape index (κ1) is 16.5. The summed E-state index contributed by atoms with van der Waals surface area (Å²) in [5.74, 6) is 0.245. The molecule has 1 aliphatic rings. The fourth-order valence-corrected chi connectivity index (χ4v) is 5.47. The fourth-order valence-electron chi connectivity index (χ4n) is 2.79. The maximum absolute atomic E-state index is 12.3. The van der Waals surface area contributed by atoms with E-state index >= 15 is 0 Å². The Morgan fingerprint density at radius 3 is 2.57 bits per heavy atom. The van der Waals surface area contributed by atoms with Crippen molar-refractivity contribution in [3.05, 3.63) is 0 Å². The van der Waals surface area contributed by atoms with Gasteiger partial charge in [-0.3, -0.25) is 0 Å². The van der Waals surface area contributed by atoms with Crippen LogP contribution in [-0.2, 0) is 9.84 Å². The number of nitrogens with zero attached hydrogens (tertiary/aromatic N) is 1. The van der Waals surface area contributed by atoms with Crippen molar-refractivity contribution in [1.82, 2.24) is 4.37 Å². The van der Waals surface area contributed by atoms with Crippen LogP contribution in [0.2, 0.25) is 0 Å². The molecule has 1 heterocycles. The van der Waals surface area contributed by atoms with Gasteiger partial charge in [-0.25, -0.2) is 8.42 Å². The number of nitrogens with one attached hydrogen (secondary N) is 1. The Morgan fingerprint density at radius 2 is 2.00 bits per heavy atom. The predicted molar refractivity (Wildman–Crippen MR) is 88.5 cm³/mol. The van der Waals surface area contributed by atoms with Crippen LogP contribution in [0, 0.1) is 5.41 Å². The molecule has 5 nitrogen and oxygen atoms in total. The number of anilines is 2. The van der Waals surface area contributed by atoms with Gasteiger partial charge >= 0.3 is 0 Å². The molecule has 1 aromatic rings. The molecule has 21 heavy (non-hydrogen) atoms. The number of rotatable bonds is 5. The van der Waals surface area contributed by atoms with Gasteiger partial charge in [0.05, 0.1) is 5.75 Å². The van der Waals surface area contributed by atoms with Crippen LogP contribution in [0.4, 0.5) is 10.8 Å². The van der Waals surface area contributed by atoms with Gasteiger partial charge in [-0.15, -0.1) is 0 Å². The number of hydrogen-bond donors (Lipinski definition) is 2. The van der Waals surface area contributed by atoms with Gasteiger partial charge in [-0.1, -0.05) is 20.8 Å². The molecule has 1 aromatic heterocycles. The molecule has 1 aliphatic carbocycles. The van der Waals surface area contributed by atoms with E-state index in [2.05, 4.69) is 23.5 Å². The molecule has 0 unspecified atom stereocenters. The van der Waals surface area contributed by atoms with Gasteiger partial charge in [-0.05, 0) is 49.1 Å². The number of sulfone groups is 1. The Morgan fingerprint density at radius 1 is 1.38 bits per heavy atom. The molecule has 7 heteroatoms.